The lowest BCUT2D eigenvalue weighted by atomic mass is 10.0. The van der Waals surface area contributed by atoms with E-state index in [-0.39, 0.29) is 34.7 Å². The Balaban J connectivity index is 1.33. The van der Waals surface area contributed by atoms with Crippen LogP contribution in [0.3, 0.4) is 0 Å². The molecule has 256 valence electrons. The maximum atomic E-state index is 15.1. The molecule has 13 heteroatoms. The van der Waals surface area contributed by atoms with Crippen molar-refractivity contribution in [3.05, 3.63) is 66.4 Å². The molecule has 4 aromatic rings. The van der Waals surface area contributed by atoms with Gasteiger partial charge in [0.15, 0.2) is 0 Å². The summed E-state index contributed by atoms with van der Waals surface area (Å²) in [5.41, 5.74) is 2.60. The van der Waals surface area contributed by atoms with Crippen LogP contribution in [-0.4, -0.2) is 70.9 Å². The van der Waals surface area contributed by atoms with Crippen LogP contribution < -0.4 is 20.3 Å². The second-order valence-corrected chi connectivity index (χ2v) is 13.2. The van der Waals surface area contributed by atoms with Crippen molar-refractivity contribution < 1.29 is 23.4 Å². The summed E-state index contributed by atoms with van der Waals surface area (Å²) in [6.45, 7) is 8.28. The number of ether oxygens (including phenoxy) is 3. The Morgan fingerprint density at radius 2 is 1.94 bits per heavy atom. The number of nitriles is 1. The van der Waals surface area contributed by atoms with Gasteiger partial charge in [-0.05, 0) is 70.7 Å². The number of aromatic nitrogens is 4. The van der Waals surface area contributed by atoms with Crippen molar-refractivity contribution in [1.82, 2.24) is 25.1 Å². The van der Waals surface area contributed by atoms with Gasteiger partial charge in [-0.1, -0.05) is 6.07 Å². The van der Waals surface area contributed by atoms with Crippen molar-refractivity contribution in [2.24, 2.45) is 0 Å². The van der Waals surface area contributed by atoms with Crippen LogP contribution in [0.5, 0.6) is 5.75 Å². The Labute approximate surface area is 285 Å². The molecule has 2 N–H and O–H groups in total. The third kappa shape index (κ3) is 7.92. The largest absolute Gasteiger partial charge is 0.496 e. The average Bonchev–Trinajstić information content (AvgIpc) is 3.58. The molecule has 1 aromatic carbocycles. The number of anilines is 3. The summed E-state index contributed by atoms with van der Waals surface area (Å²) < 4.78 is 33.6. The Bertz CT molecular complexity index is 1840. The fourth-order valence-electron chi connectivity index (χ4n) is 6.26. The van der Waals surface area contributed by atoms with Crippen LogP contribution in [-0.2, 0) is 9.47 Å². The molecule has 0 saturated carbocycles. The molecule has 6 rings (SSSR count). The number of nitrogens with one attached hydrogen (secondary N) is 2. The van der Waals surface area contributed by atoms with E-state index in [9.17, 15) is 10.1 Å². The number of rotatable bonds is 8. The molecular weight excluding hydrogens is 627 g/mol. The molecule has 2 aliphatic rings. The van der Waals surface area contributed by atoms with E-state index in [1.165, 1.54) is 13.2 Å². The van der Waals surface area contributed by atoms with Crippen molar-refractivity contribution in [1.29, 1.82) is 5.26 Å². The fraction of sp³-hybridized carbons (Fsp3) is 0.417. The molecule has 0 bridgehead atoms. The molecule has 0 unspecified atom stereocenters. The number of methoxy groups -OCH3 is 1. The molecule has 2 fully saturated rings. The molecule has 1 atom stereocenters. The minimum atomic E-state index is -0.599. The summed E-state index contributed by atoms with van der Waals surface area (Å²) in [5, 5.41) is 20.8. The van der Waals surface area contributed by atoms with E-state index >= 15 is 4.39 Å². The summed E-state index contributed by atoms with van der Waals surface area (Å²) in [6.07, 6.45) is 8.76. The van der Waals surface area contributed by atoms with Crippen LogP contribution in [0.25, 0.3) is 22.4 Å². The first-order valence-electron chi connectivity index (χ1n) is 16.5. The number of hydrogen-bond acceptors (Lipinski definition) is 10. The topological polar surface area (TPSA) is 139 Å². The molecule has 3 aromatic heterocycles. The molecule has 49 heavy (non-hydrogen) atoms. The van der Waals surface area contributed by atoms with Crippen LogP contribution in [0, 0.1) is 17.1 Å². The van der Waals surface area contributed by atoms with Crippen molar-refractivity contribution in [3.63, 3.8) is 0 Å². The summed E-state index contributed by atoms with van der Waals surface area (Å²) in [4.78, 5) is 24.3. The minimum Gasteiger partial charge on any atom is -0.496 e. The predicted molar refractivity (Wildman–Crippen MR) is 183 cm³/mol. The van der Waals surface area contributed by atoms with Crippen molar-refractivity contribution >= 4 is 23.4 Å². The highest BCUT2D eigenvalue weighted by atomic mass is 19.1. The number of hydrogen-bond donors (Lipinski definition) is 2. The van der Waals surface area contributed by atoms with Crippen LogP contribution in [0.1, 0.15) is 58.1 Å². The molecule has 2 saturated heterocycles. The predicted octanol–water partition coefficient (Wildman–Crippen LogP) is 6.62. The lowest BCUT2D eigenvalue weighted by molar-refractivity contribution is 0.0500. The number of amides is 1. The van der Waals surface area contributed by atoms with E-state index in [1.54, 1.807) is 30.5 Å². The van der Waals surface area contributed by atoms with E-state index in [4.69, 9.17) is 24.3 Å². The van der Waals surface area contributed by atoms with Gasteiger partial charge in [-0.3, -0.25) is 4.68 Å². The van der Waals surface area contributed by atoms with Crippen LogP contribution in [0.2, 0.25) is 0 Å². The zero-order valence-electron chi connectivity index (χ0n) is 28.2. The Morgan fingerprint density at radius 1 is 1.12 bits per heavy atom. The maximum absolute atomic E-state index is 15.1. The van der Waals surface area contributed by atoms with Gasteiger partial charge in [0.25, 0.3) is 0 Å². The highest BCUT2D eigenvalue weighted by Crippen LogP contribution is 2.37. The van der Waals surface area contributed by atoms with Gasteiger partial charge < -0.3 is 29.7 Å². The zero-order valence-corrected chi connectivity index (χ0v) is 28.2. The highest BCUT2D eigenvalue weighted by Gasteiger charge is 2.27. The molecule has 12 nitrogen and oxygen atoms in total. The van der Waals surface area contributed by atoms with E-state index in [0.29, 0.717) is 31.4 Å². The smallest absolute Gasteiger partial charge is 0.407 e. The zero-order chi connectivity index (χ0) is 34.5. The molecule has 1 amide bonds. The van der Waals surface area contributed by atoms with E-state index < -0.39 is 17.5 Å². The summed E-state index contributed by atoms with van der Waals surface area (Å²) in [6, 6.07) is 11.9. The number of benzene rings is 1. The SMILES string of the molecule is COc1cccc(F)c1-c1nc(Nc2cc(N3CCC[C@H](NC(=O)OC(C)(C)C)C3)c(-c3cnn(C4CCOCC4)c3)cn2)ccc1C#N. The highest BCUT2D eigenvalue weighted by molar-refractivity contribution is 5.81. The lowest BCUT2D eigenvalue weighted by Crippen LogP contribution is -2.49. The molecule has 0 aliphatic carbocycles. The standard InChI is InChI=1S/C36H41FN8O4/c1-36(2,3)49-35(46)41-25-7-6-14-44(22-25)29-17-32(39-20-27(29)24-19-40-45(21-24)26-12-15-48-16-13-26)42-31-11-10-23(18-38)34(43-31)33-28(37)8-5-9-30(33)47-4/h5,8-11,17,19-21,25-26H,6-7,12-16,22H2,1-4H3,(H,41,46)(H,39,42,43)/t25-/m0/s1. The van der Waals surface area contributed by atoms with Gasteiger partial charge in [0, 0.05) is 61.9 Å². The maximum Gasteiger partial charge on any atom is 0.407 e. The quantitative estimate of drug-likeness (QED) is 0.211. The molecule has 0 radical (unpaired) electrons. The first-order valence-corrected chi connectivity index (χ1v) is 16.5. The summed E-state index contributed by atoms with van der Waals surface area (Å²) in [5.74, 6) is 0.598. The number of carbonyl (C=O) groups is 1. The Kier molecular flexibility index (Phi) is 9.96. The van der Waals surface area contributed by atoms with Crippen molar-refractivity contribution in [2.75, 3.05) is 43.6 Å². The summed E-state index contributed by atoms with van der Waals surface area (Å²) >= 11 is 0. The van der Waals surface area contributed by atoms with Crippen LogP contribution in [0.4, 0.5) is 26.5 Å². The van der Waals surface area contributed by atoms with E-state index in [2.05, 4.69) is 32.8 Å². The Hall–Kier alpha value is -5.22. The molecule has 5 heterocycles. The first-order chi connectivity index (χ1) is 23.6. The minimum absolute atomic E-state index is 0.104. The van der Waals surface area contributed by atoms with Gasteiger partial charge in [0.1, 0.15) is 34.9 Å². The third-order valence-corrected chi connectivity index (χ3v) is 8.55. The lowest BCUT2D eigenvalue weighted by Gasteiger charge is -2.36. The molecular formula is C36H41FN8O4. The third-order valence-electron chi connectivity index (χ3n) is 8.55. The van der Waals surface area contributed by atoms with E-state index in [0.717, 1.165) is 49.0 Å². The van der Waals surface area contributed by atoms with Gasteiger partial charge in [-0.25, -0.2) is 19.2 Å². The molecule has 2 aliphatic heterocycles. The van der Waals surface area contributed by atoms with Crippen LogP contribution in [0.15, 0.2) is 55.0 Å². The van der Waals surface area contributed by atoms with Gasteiger partial charge in [-0.15, -0.1) is 0 Å². The van der Waals surface area contributed by atoms with Gasteiger partial charge >= 0.3 is 6.09 Å². The first kappa shape index (κ1) is 33.7. The van der Waals surface area contributed by atoms with E-state index in [1.807, 2.05) is 37.7 Å². The molecule has 0 spiro atoms. The number of piperidine rings is 1. The van der Waals surface area contributed by atoms with Gasteiger partial charge in [0.05, 0.1) is 41.9 Å². The fourth-order valence-corrected chi connectivity index (χ4v) is 6.26. The van der Waals surface area contributed by atoms with Crippen LogP contribution >= 0.6 is 0 Å². The number of pyridine rings is 2. The second-order valence-electron chi connectivity index (χ2n) is 13.2. The second kappa shape index (κ2) is 14.5. The number of halogens is 1. The monoisotopic (exact) mass is 668 g/mol. The van der Waals surface area contributed by atoms with Crippen molar-refractivity contribution in [2.45, 2.75) is 64.1 Å². The number of nitrogens with zero attached hydrogens (tertiary/aromatic N) is 6. The van der Waals surface area contributed by atoms with Crippen molar-refractivity contribution in [3.8, 4) is 34.2 Å². The normalized spacial score (nSPS) is 16.9. The van der Waals surface area contributed by atoms with Gasteiger partial charge in [0.2, 0.25) is 0 Å². The number of alkyl carbamates (subject to hydrolysis) is 1. The number of carbonyl (C=O) groups excluding carboxylic acids is 1. The summed E-state index contributed by atoms with van der Waals surface area (Å²) in [7, 11) is 1.45. The average molecular weight is 669 g/mol. The Morgan fingerprint density at radius 3 is 2.69 bits per heavy atom. The van der Waals surface area contributed by atoms with Gasteiger partial charge in [-0.2, -0.15) is 10.4 Å².